The Morgan fingerprint density at radius 2 is 2.06 bits per heavy atom. The van der Waals surface area contributed by atoms with E-state index in [1.54, 1.807) is 4.90 Å². The zero-order valence-electron chi connectivity index (χ0n) is 9.35. The minimum absolute atomic E-state index is 0.00407. The van der Waals surface area contributed by atoms with Crippen LogP contribution in [0.4, 0.5) is 5.69 Å². The number of carbonyl (C=O) groups is 1. The minimum atomic E-state index is -0.00407. The third kappa shape index (κ3) is 2.17. The van der Waals surface area contributed by atoms with Gasteiger partial charge in [-0.3, -0.25) is 4.79 Å². The van der Waals surface area contributed by atoms with Gasteiger partial charge < -0.3 is 15.4 Å². The summed E-state index contributed by atoms with van der Waals surface area (Å²) in [5.41, 5.74) is 7.43. The molecule has 1 amide bonds. The SMILES string of the molecule is CN1C(=O)CCOCC1c1ccc(N)cc1. The lowest BCUT2D eigenvalue weighted by atomic mass is 10.1. The highest BCUT2D eigenvalue weighted by Gasteiger charge is 2.24. The molecule has 2 N–H and O–H groups in total. The molecule has 0 aromatic heterocycles. The molecule has 1 aromatic carbocycles. The average Bonchev–Trinajstić information content (AvgIpc) is 2.44. The number of anilines is 1. The molecule has 1 aliphatic heterocycles. The topological polar surface area (TPSA) is 55.6 Å². The van der Waals surface area contributed by atoms with Crippen molar-refractivity contribution in [3.8, 4) is 0 Å². The van der Waals surface area contributed by atoms with Gasteiger partial charge in [0.1, 0.15) is 0 Å². The third-order valence-corrected chi connectivity index (χ3v) is 2.92. The van der Waals surface area contributed by atoms with Crippen molar-refractivity contribution in [3.63, 3.8) is 0 Å². The minimum Gasteiger partial charge on any atom is -0.399 e. The first-order chi connectivity index (χ1) is 7.68. The van der Waals surface area contributed by atoms with Crippen molar-refractivity contribution in [2.75, 3.05) is 26.0 Å². The van der Waals surface area contributed by atoms with Crippen molar-refractivity contribution in [1.29, 1.82) is 0 Å². The molecule has 0 bridgehead atoms. The number of ether oxygens (including phenoxy) is 1. The zero-order chi connectivity index (χ0) is 11.5. The van der Waals surface area contributed by atoms with Gasteiger partial charge in [-0.15, -0.1) is 0 Å². The number of carbonyl (C=O) groups excluding carboxylic acids is 1. The van der Waals surface area contributed by atoms with E-state index in [2.05, 4.69) is 0 Å². The summed E-state index contributed by atoms with van der Waals surface area (Å²) in [4.78, 5) is 13.4. The Morgan fingerprint density at radius 3 is 2.75 bits per heavy atom. The van der Waals surface area contributed by atoms with Crippen LogP contribution in [0.3, 0.4) is 0 Å². The van der Waals surface area contributed by atoms with Crippen LogP contribution in [-0.2, 0) is 9.53 Å². The van der Waals surface area contributed by atoms with Crippen molar-refractivity contribution in [2.45, 2.75) is 12.5 Å². The van der Waals surface area contributed by atoms with Gasteiger partial charge in [-0.1, -0.05) is 12.1 Å². The summed E-state index contributed by atoms with van der Waals surface area (Å²) in [7, 11) is 1.82. The summed E-state index contributed by atoms with van der Waals surface area (Å²) in [5, 5.41) is 0. The molecule has 4 heteroatoms. The Hall–Kier alpha value is -1.55. The van der Waals surface area contributed by atoms with Crippen molar-refractivity contribution in [2.24, 2.45) is 0 Å². The van der Waals surface area contributed by atoms with Gasteiger partial charge >= 0.3 is 0 Å². The van der Waals surface area contributed by atoms with E-state index in [1.807, 2.05) is 31.3 Å². The van der Waals surface area contributed by atoms with Gasteiger partial charge in [0, 0.05) is 12.7 Å². The van der Waals surface area contributed by atoms with Gasteiger partial charge in [0.25, 0.3) is 0 Å². The average molecular weight is 220 g/mol. The predicted molar refractivity (Wildman–Crippen MR) is 61.8 cm³/mol. The molecule has 1 unspecified atom stereocenters. The molecular weight excluding hydrogens is 204 g/mol. The molecular formula is C12H16N2O2. The largest absolute Gasteiger partial charge is 0.399 e. The summed E-state index contributed by atoms with van der Waals surface area (Å²) in [6.07, 6.45) is 0.460. The van der Waals surface area contributed by atoms with Crippen LogP contribution in [0, 0.1) is 0 Å². The van der Waals surface area contributed by atoms with E-state index in [1.165, 1.54) is 0 Å². The Morgan fingerprint density at radius 1 is 1.38 bits per heavy atom. The monoisotopic (exact) mass is 220 g/mol. The predicted octanol–water partition coefficient (Wildman–Crippen LogP) is 1.19. The molecule has 2 rings (SSSR count). The van der Waals surface area contributed by atoms with E-state index in [0.717, 1.165) is 11.3 Å². The van der Waals surface area contributed by atoms with Crippen molar-refractivity contribution in [3.05, 3.63) is 29.8 Å². The highest BCUT2D eigenvalue weighted by atomic mass is 16.5. The van der Waals surface area contributed by atoms with Gasteiger partial charge in [0.15, 0.2) is 0 Å². The van der Waals surface area contributed by atoms with Crippen molar-refractivity contribution in [1.82, 2.24) is 4.90 Å². The molecule has 1 saturated heterocycles. The highest BCUT2D eigenvalue weighted by molar-refractivity contribution is 5.76. The first kappa shape index (κ1) is 11.0. The van der Waals surface area contributed by atoms with E-state index in [-0.39, 0.29) is 11.9 Å². The van der Waals surface area contributed by atoms with Gasteiger partial charge in [-0.05, 0) is 17.7 Å². The summed E-state index contributed by atoms with van der Waals surface area (Å²) < 4.78 is 5.44. The van der Waals surface area contributed by atoms with Crippen LogP contribution < -0.4 is 5.73 Å². The van der Waals surface area contributed by atoms with Gasteiger partial charge in [0.2, 0.25) is 5.91 Å². The molecule has 86 valence electrons. The van der Waals surface area contributed by atoms with Crippen LogP contribution in [0.15, 0.2) is 24.3 Å². The molecule has 4 nitrogen and oxygen atoms in total. The van der Waals surface area contributed by atoms with Gasteiger partial charge in [-0.2, -0.15) is 0 Å². The summed E-state index contributed by atoms with van der Waals surface area (Å²) in [5.74, 6) is 0.124. The quantitative estimate of drug-likeness (QED) is 0.723. The molecule has 1 fully saturated rings. The molecule has 16 heavy (non-hydrogen) atoms. The fraction of sp³-hybridized carbons (Fsp3) is 0.417. The fourth-order valence-electron chi connectivity index (χ4n) is 1.85. The van der Waals surface area contributed by atoms with E-state index in [4.69, 9.17) is 10.5 Å². The van der Waals surface area contributed by atoms with Gasteiger partial charge in [0.05, 0.1) is 25.7 Å². The normalized spacial score (nSPS) is 21.9. The lowest BCUT2D eigenvalue weighted by Gasteiger charge is -2.25. The third-order valence-electron chi connectivity index (χ3n) is 2.92. The zero-order valence-corrected chi connectivity index (χ0v) is 9.35. The van der Waals surface area contributed by atoms with Crippen molar-refractivity contribution >= 4 is 11.6 Å². The van der Waals surface area contributed by atoms with Crippen LogP contribution in [0.2, 0.25) is 0 Å². The first-order valence-corrected chi connectivity index (χ1v) is 5.37. The maximum atomic E-state index is 11.7. The molecule has 1 aliphatic rings. The summed E-state index contributed by atoms with van der Waals surface area (Å²) in [6, 6.07) is 7.57. The smallest absolute Gasteiger partial charge is 0.225 e. The highest BCUT2D eigenvalue weighted by Crippen LogP contribution is 2.23. The van der Waals surface area contributed by atoms with E-state index >= 15 is 0 Å². The second kappa shape index (κ2) is 4.53. The number of hydrogen-bond acceptors (Lipinski definition) is 3. The molecule has 1 atom stereocenters. The number of benzene rings is 1. The summed E-state index contributed by atoms with van der Waals surface area (Å²) in [6.45, 7) is 1.06. The molecule has 0 radical (unpaired) electrons. The molecule has 0 aliphatic carbocycles. The molecule has 0 saturated carbocycles. The lowest BCUT2D eigenvalue weighted by molar-refractivity contribution is -0.131. The van der Waals surface area contributed by atoms with Crippen LogP contribution in [0.1, 0.15) is 18.0 Å². The number of amides is 1. The number of hydrogen-bond donors (Lipinski definition) is 1. The number of nitrogens with two attached hydrogens (primary N) is 1. The Kier molecular flexibility index (Phi) is 3.10. The molecule has 1 aromatic rings. The summed E-state index contributed by atoms with van der Waals surface area (Å²) >= 11 is 0. The van der Waals surface area contributed by atoms with Crippen LogP contribution in [-0.4, -0.2) is 31.1 Å². The van der Waals surface area contributed by atoms with E-state index in [9.17, 15) is 4.79 Å². The number of nitrogen functional groups attached to an aromatic ring is 1. The van der Waals surface area contributed by atoms with Crippen LogP contribution in [0.25, 0.3) is 0 Å². The Bertz CT molecular complexity index is 375. The molecule has 0 spiro atoms. The van der Waals surface area contributed by atoms with Gasteiger partial charge in [-0.25, -0.2) is 0 Å². The van der Waals surface area contributed by atoms with Crippen LogP contribution >= 0.6 is 0 Å². The molecule has 1 heterocycles. The van der Waals surface area contributed by atoms with Crippen molar-refractivity contribution < 1.29 is 9.53 Å². The maximum absolute atomic E-state index is 11.7. The number of rotatable bonds is 1. The van der Waals surface area contributed by atoms with E-state index in [0.29, 0.717) is 19.6 Å². The first-order valence-electron chi connectivity index (χ1n) is 5.37. The number of likely N-dealkylation sites (N-methyl/N-ethyl adjacent to an activating group) is 1. The van der Waals surface area contributed by atoms with Crippen LogP contribution in [0.5, 0.6) is 0 Å². The lowest BCUT2D eigenvalue weighted by Crippen LogP contribution is -2.31. The second-order valence-electron chi connectivity index (χ2n) is 4.01. The fourth-order valence-corrected chi connectivity index (χ4v) is 1.85. The maximum Gasteiger partial charge on any atom is 0.225 e. The second-order valence-corrected chi connectivity index (χ2v) is 4.01. The standard InChI is InChI=1S/C12H16N2O2/c1-14-11(8-16-7-6-12(14)15)9-2-4-10(13)5-3-9/h2-5,11H,6-8,13H2,1H3. The Labute approximate surface area is 95.0 Å². The van der Waals surface area contributed by atoms with E-state index < -0.39 is 0 Å². The number of nitrogens with zero attached hydrogens (tertiary/aromatic N) is 1. The Balaban J connectivity index is 2.23.